The fourth-order valence-electron chi connectivity index (χ4n) is 2.08. The number of nitrogens with zero attached hydrogens (tertiary/aromatic N) is 1. The van der Waals surface area contributed by atoms with Crippen molar-refractivity contribution in [3.63, 3.8) is 0 Å². The number of nitrogens with one attached hydrogen (secondary N) is 1. The van der Waals surface area contributed by atoms with Crippen molar-refractivity contribution in [2.45, 2.75) is 51.0 Å². The zero-order valence-corrected chi connectivity index (χ0v) is 10.5. The summed E-state index contributed by atoms with van der Waals surface area (Å²) in [7, 11) is 0. The third-order valence-corrected chi connectivity index (χ3v) is 3.10. The first-order valence-electron chi connectivity index (χ1n) is 6.61. The minimum Gasteiger partial charge on any atom is -0.409 e. The minimum absolute atomic E-state index is 0.314. The van der Waals surface area contributed by atoms with Crippen LogP contribution in [0, 0.1) is 0 Å². The van der Waals surface area contributed by atoms with Crippen molar-refractivity contribution in [2.75, 3.05) is 19.7 Å². The Kier molecular flexibility index (Phi) is 7.75. The highest BCUT2D eigenvalue weighted by atomic mass is 16.5. The van der Waals surface area contributed by atoms with Gasteiger partial charge in [-0.2, -0.15) is 0 Å². The van der Waals surface area contributed by atoms with Crippen LogP contribution in [0.15, 0.2) is 5.16 Å². The van der Waals surface area contributed by atoms with E-state index in [-0.39, 0.29) is 0 Å². The Morgan fingerprint density at radius 2 is 2.06 bits per heavy atom. The number of rotatable bonds is 9. The van der Waals surface area contributed by atoms with Crippen LogP contribution in [0.25, 0.3) is 0 Å². The van der Waals surface area contributed by atoms with E-state index < -0.39 is 0 Å². The summed E-state index contributed by atoms with van der Waals surface area (Å²) in [6.45, 7) is 2.69. The molecule has 1 aliphatic rings. The summed E-state index contributed by atoms with van der Waals surface area (Å²) in [4.78, 5) is 0. The van der Waals surface area contributed by atoms with Gasteiger partial charge in [-0.15, -0.1) is 0 Å². The maximum Gasteiger partial charge on any atom is 0.139 e. The van der Waals surface area contributed by atoms with Gasteiger partial charge in [0.1, 0.15) is 5.84 Å². The van der Waals surface area contributed by atoms with Crippen LogP contribution in [0.1, 0.15) is 44.9 Å². The normalized spacial score (nSPS) is 17.8. The van der Waals surface area contributed by atoms with E-state index >= 15 is 0 Å². The van der Waals surface area contributed by atoms with Gasteiger partial charge in [0, 0.05) is 13.0 Å². The molecule has 0 unspecified atom stereocenters. The van der Waals surface area contributed by atoms with Crippen LogP contribution in [0.5, 0.6) is 0 Å². The van der Waals surface area contributed by atoms with E-state index in [2.05, 4.69) is 10.5 Å². The molecule has 0 aromatic rings. The molecule has 0 bridgehead atoms. The van der Waals surface area contributed by atoms with Crippen LogP contribution in [-0.4, -0.2) is 36.8 Å². The van der Waals surface area contributed by atoms with Gasteiger partial charge in [-0.1, -0.05) is 18.0 Å². The second-order valence-electron chi connectivity index (χ2n) is 4.58. The van der Waals surface area contributed by atoms with E-state index in [0.29, 0.717) is 18.4 Å². The Bertz CT molecular complexity index is 216. The zero-order valence-electron chi connectivity index (χ0n) is 10.5. The quantitative estimate of drug-likeness (QED) is 0.188. The SMILES string of the molecule is NC(CCCCNCCOC1CCCC1)=NO. The molecule has 0 heterocycles. The van der Waals surface area contributed by atoms with Gasteiger partial charge in [0.05, 0.1) is 12.7 Å². The zero-order chi connectivity index (χ0) is 12.3. The van der Waals surface area contributed by atoms with Crippen LogP contribution in [0.2, 0.25) is 0 Å². The Morgan fingerprint density at radius 3 is 2.76 bits per heavy atom. The summed E-state index contributed by atoms with van der Waals surface area (Å²) in [5, 5.41) is 14.6. The predicted octanol–water partition coefficient (Wildman–Crippen LogP) is 1.45. The highest BCUT2D eigenvalue weighted by Crippen LogP contribution is 2.20. The summed E-state index contributed by atoms with van der Waals surface area (Å²) < 4.78 is 5.73. The van der Waals surface area contributed by atoms with E-state index in [1.807, 2.05) is 0 Å². The van der Waals surface area contributed by atoms with Gasteiger partial charge in [0.2, 0.25) is 0 Å². The Morgan fingerprint density at radius 1 is 1.29 bits per heavy atom. The molecule has 1 fully saturated rings. The average molecular weight is 243 g/mol. The molecule has 0 saturated heterocycles. The second kappa shape index (κ2) is 9.24. The lowest BCUT2D eigenvalue weighted by Crippen LogP contribution is -2.23. The first-order valence-corrected chi connectivity index (χ1v) is 6.61. The molecule has 0 aromatic carbocycles. The lowest BCUT2D eigenvalue weighted by Gasteiger charge is -2.11. The van der Waals surface area contributed by atoms with Crippen molar-refractivity contribution >= 4 is 5.84 Å². The van der Waals surface area contributed by atoms with Gasteiger partial charge in [0.15, 0.2) is 0 Å². The fraction of sp³-hybridized carbons (Fsp3) is 0.917. The number of ether oxygens (including phenoxy) is 1. The molecule has 1 rings (SSSR count). The van der Waals surface area contributed by atoms with Gasteiger partial charge in [-0.05, 0) is 32.2 Å². The summed E-state index contributed by atoms with van der Waals surface area (Å²) >= 11 is 0. The third kappa shape index (κ3) is 7.18. The van der Waals surface area contributed by atoms with Crippen molar-refractivity contribution in [3.05, 3.63) is 0 Å². The number of oxime groups is 1. The molecule has 0 radical (unpaired) electrons. The van der Waals surface area contributed by atoms with Crippen LogP contribution in [0.3, 0.4) is 0 Å². The lowest BCUT2D eigenvalue weighted by atomic mass is 10.2. The number of nitrogens with two attached hydrogens (primary N) is 1. The molecule has 0 amide bonds. The first-order chi connectivity index (χ1) is 8.33. The lowest BCUT2D eigenvalue weighted by molar-refractivity contribution is 0.0604. The van der Waals surface area contributed by atoms with Crippen molar-refractivity contribution in [3.8, 4) is 0 Å². The monoisotopic (exact) mass is 243 g/mol. The summed E-state index contributed by atoms with van der Waals surface area (Å²) in [5.74, 6) is 0.314. The molecule has 0 atom stereocenters. The van der Waals surface area contributed by atoms with Crippen molar-refractivity contribution in [1.29, 1.82) is 0 Å². The predicted molar refractivity (Wildman–Crippen MR) is 68.3 cm³/mol. The van der Waals surface area contributed by atoms with Crippen molar-refractivity contribution < 1.29 is 9.94 Å². The van der Waals surface area contributed by atoms with E-state index in [1.54, 1.807) is 0 Å². The second-order valence-corrected chi connectivity index (χ2v) is 4.58. The smallest absolute Gasteiger partial charge is 0.139 e. The Labute approximate surface area is 103 Å². The number of unbranched alkanes of at least 4 members (excludes halogenated alkanes) is 1. The van der Waals surface area contributed by atoms with E-state index in [9.17, 15) is 0 Å². The molecule has 0 aromatic heterocycles. The molecule has 1 aliphatic carbocycles. The van der Waals surface area contributed by atoms with Crippen LogP contribution >= 0.6 is 0 Å². The first kappa shape index (κ1) is 14.3. The van der Waals surface area contributed by atoms with Gasteiger partial charge in [0.25, 0.3) is 0 Å². The van der Waals surface area contributed by atoms with E-state index in [4.69, 9.17) is 15.7 Å². The summed E-state index contributed by atoms with van der Waals surface area (Å²) in [6, 6.07) is 0. The van der Waals surface area contributed by atoms with Gasteiger partial charge < -0.3 is 21.0 Å². The maximum absolute atomic E-state index is 8.34. The third-order valence-electron chi connectivity index (χ3n) is 3.10. The van der Waals surface area contributed by atoms with Gasteiger partial charge >= 0.3 is 0 Å². The molecular weight excluding hydrogens is 218 g/mol. The topological polar surface area (TPSA) is 79.9 Å². The molecule has 0 spiro atoms. The molecule has 5 nitrogen and oxygen atoms in total. The molecule has 1 saturated carbocycles. The standard InChI is InChI=1S/C12H25N3O2/c13-12(15-16)7-3-4-8-14-9-10-17-11-5-1-2-6-11/h11,14,16H,1-10H2,(H2,13,15). The number of amidine groups is 1. The van der Waals surface area contributed by atoms with Crippen LogP contribution in [-0.2, 0) is 4.74 Å². The molecule has 5 heteroatoms. The maximum atomic E-state index is 8.34. The molecule has 17 heavy (non-hydrogen) atoms. The average Bonchev–Trinajstić information content (AvgIpc) is 2.85. The van der Waals surface area contributed by atoms with Crippen LogP contribution < -0.4 is 11.1 Å². The molecule has 4 N–H and O–H groups in total. The molecule has 100 valence electrons. The summed E-state index contributed by atoms with van der Waals surface area (Å²) in [5.41, 5.74) is 5.36. The van der Waals surface area contributed by atoms with E-state index in [0.717, 1.165) is 32.5 Å². The minimum atomic E-state index is 0.314. The highest BCUT2D eigenvalue weighted by Gasteiger charge is 2.14. The van der Waals surface area contributed by atoms with Crippen LogP contribution in [0.4, 0.5) is 0 Å². The largest absolute Gasteiger partial charge is 0.409 e. The van der Waals surface area contributed by atoms with Crippen molar-refractivity contribution in [1.82, 2.24) is 5.32 Å². The fourth-order valence-corrected chi connectivity index (χ4v) is 2.08. The van der Waals surface area contributed by atoms with E-state index in [1.165, 1.54) is 25.7 Å². The Balaban J connectivity index is 1.78. The van der Waals surface area contributed by atoms with Crippen molar-refractivity contribution in [2.24, 2.45) is 10.9 Å². The van der Waals surface area contributed by atoms with Gasteiger partial charge in [-0.3, -0.25) is 0 Å². The van der Waals surface area contributed by atoms with Gasteiger partial charge in [-0.25, -0.2) is 0 Å². The molecule has 0 aliphatic heterocycles. The number of hydrogen-bond acceptors (Lipinski definition) is 4. The Hall–Kier alpha value is -0.810. The summed E-state index contributed by atoms with van der Waals surface area (Å²) in [6.07, 6.45) is 8.29. The highest BCUT2D eigenvalue weighted by molar-refractivity contribution is 5.79. The molecular formula is C12H25N3O2. The number of hydrogen-bond donors (Lipinski definition) is 3.